The Hall–Kier alpha value is -4.62. The number of nitrogens with zero attached hydrogens (tertiary/aromatic N) is 4. The van der Waals surface area contributed by atoms with Crippen LogP contribution in [0.2, 0.25) is 5.02 Å². The number of fused-ring (bicyclic) bond motifs is 1. The third-order valence-corrected chi connectivity index (χ3v) is 6.13. The third kappa shape index (κ3) is 5.23. The number of pyridine rings is 2. The van der Waals surface area contributed by atoms with Crippen LogP contribution in [0.25, 0.3) is 16.8 Å². The highest BCUT2D eigenvalue weighted by atomic mass is 35.5. The van der Waals surface area contributed by atoms with Crippen molar-refractivity contribution in [1.29, 1.82) is 5.26 Å². The van der Waals surface area contributed by atoms with Crippen LogP contribution in [-0.2, 0) is 9.53 Å². The van der Waals surface area contributed by atoms with E-state index >= 15 is 0 Å². The molecular weight excluding hydrogens is 510 g/mol. The van der Waals surface area contributed by atoms with Gasteiger partial charge in [0.2, 0.25) is 5.91 Å². The highest BCUT2D eigenvalue weighted by molar-refractivity contribution is 6.31. The largest absolute Gasteiger partial charge is 0.495 e. The van der Waals surface area contributed by atoms with E-state index in [0.29, 0.717) is 45.2 Å². The van der Waals surface area contributed by atoms with Gasteiger partial charge in [-0.25, -0.2) is 9.78 Å². The Bertz CT molecular complexity index is 1640. The Kier molecular flexibility index (Phi) is 7.79. The number of esters is 1. The fraction of sp³-hybridized carbons (Fsp3) is 0.222. The Morgan fingerprint density at radius 3 is 2.63 bits per heavy atom. The van der Waals surface area contributed by atoms with Crippen LogP contribution in [-0.4, -0.2) is 39.5 Å². The molecule has 4 rings (SSSR count). The molecule has 1 N–H and O–H groups in total. The molecule has 0 saturated carbocycles. The Balaban J connectivity index is 1.65. The van der Waals surface area contributed by atoms with E-state index in [9.17, 15) is 19.6 Å². The van der Waals surface area contributed by atoms with E-state index in [0.717, 1.165) is 0 Å². The second kappa shape index (κ2) is 11.2. The van der Waals surface area contributed by atoms with Crippen molar-refractivity contribution in [3.8, 4) is 22.9 Å². The minimum absolute atomic E-state index is 0.153. The lowest BCUT2D eigenvalue weighted by Crippen LogP contribution is -2.32. The predicted molar refractivity (Wildman–Crippen MR) is 142 cm³/mol. The number of amides is 1. The van der Waals surface area contributed by atoms with Gasteiger partial charge in [-0.15, -0.1) is 0 Å². The van der Waals surface area contributed by atoms with E-state index in [4.69, 9.17) is 21.1 Å². The Morgan fingerprint density at radius 2 is 1.95 bits per heavy atom. The number of nitrogens with one attached hydrogen (secondary N) is 1. The molecule has 10 nitrogen and oxygen atoms in total. The zero-order chi connectivity index (χ0) is 27.4. The van der Waals surface area contributed by atoms with E-state index in [1.807, 2.05) is 0 Å². The summed E-state index contributed by atoms with van der Waals surface area (Å²) >= 11 is 6.13. The number of rotatable bonds is 8. The molecule has 38 heavy (non-hydrogen) atoms. The number of imidazole rings is 1. The van der Waals surface area contributed by atoms with Gasteiger partial charge in [0.15, 0.2) is 5.69 Å². The second-order valence-corrected chi connectivity index (χ2v) is 8.68. The third-order valence-electron chi connectivity index (χ3n) is 5.89. The van der Waals surface area contributed by atoms with Crippen molar-refractivity contribution in [2.24, 2.45) is 0 Å². The van der Waals surface area contributed by atoms with Gasteiger partial charge in [0.1, 0.15) is 17.4 Å². The molecule has 1 atom stereocenters. The molecule has 4 aromatic rings. The van der Waals surface area contributed by atoms with Gasteiger partial charge in [-0.2, -0.15) is 5.26 Å². The molecule has 0 bridgehead atoms. The molecule has 1 amide bonds. The lowest BCUT2D eigenvalue weighted by atomic mass is 10.00. The Labute approximate surface area is 223 Å². The van der Waals surface area contributed by atoms with Gasteiger partial charge in [-0.05, 0) is 37.6 Å². The van der Waals surface area contributed by atoms with E-state index in [1.54, 1.807) is 61.0 Å². The van der Waals surface area contributed by atoms with Crippen molar-refractivity contribution in [3.63, 3.8) is 0 Å². The number of nitriles is 1. The first kappa shape index (κ1) is 26.4. The number of halogens is 1. The molecule has 0 aliphatic carbocycles. The fourth-order valence-electron chi connectivity index (χ4n) is 4.08. The fourth-order valence-corrected chi connectivity index (χ4v) is 4.25. The zero-order valence-electron chi connectivity index (χ0n) is 20.9. The van der Waals surface area contributed by atoms with Gasteiger partial charge < -0.3 is 19.2 Å². The summed E-state index contributed by atoms with van der Waals surface area (Å²) in [6.45, 7) is 3.72. The van der Waals surface area contributed by atoms with Crippen LogP contribution in [0, 0.1) is 11.3 Å². The topological polar surface area (TPSA) is 128 Å². The quantitative estimate of drug-likeness (QED) is 0.331. The van der Waals surface area contributed by atoms with Gasteiger partial charge in [0.25, 0.3) is 5.56 Å². The lowest BCUT2D eigenvalue weighted by molar-refractivity contribution is -0.119. The zero-order valence-corrected chi connectivity index (χ0v) is 21.7. The van der Waals surface area contributed by atoms with Crippen molar-refractivity contribution >= 4 is 34.8 Å². The molecule has 0 aliphatic rings. The summed E-state index contributed by atoms with van der Waals surface area (Å²) < 4.78 is 13.4. The smallest absolute Gasteiger partial charge is 0.358 e. The summed E-state index contributed by atoms with van der Waals surface area (Å²) in [5.41, 5.74) is 1.76. The van der Waals surface area contributed by atoms with Crippen LogP contribution in [0.1, 0.15) is 42.4 Å². The molecule has 3 aromatic heterocycles. The average molecular weight is 534 g/mol. The van der Waals surface area contributed by atoms with E-state index in [-0.39, 0.29) is 12.3 Å². The minimum Gasteiger partial charge on any atom is -0.495 e. The van der Waals surface area contributed by atoms with Gasteiger partial charge in [0, 0.05) is 46.4 Å². The van der Waals surface area contributed by atoms with Crippen LogP contribution < -0.4 is 15.6 Å². The lowest BCUT2D eigenvalue weighted by Gasteiger charge is -2.20. The van der Waals surface area contributed by atoms with Crippen LogP contribution in [0.3, 0.4) is 0 Å². The number of ether oxygens (including phenoxy) is 2. The molecule has 11 heteroatoms. The maximum Gasteiger partial charge on any atom is 0.358 e. The van der Waals surface area contributed by atoms with Gasteiger partial charge in [-0.1, -0.05) is 18.5 Å². The van der Waals surface area contributed by atoms with Crippen molar-refractivity contribution in [3.05, 3.63) is 81.6 Å². The number of carbonyl (C=O) groups is 2. The number of benzene rings is 1. The molecule has 3 heterocycles. The number of hydrogen-bond donors (Lipinski definition) is 1. The first-order chi connectivity index (χ1) is 18.3. The molecular formula is C27H24ClN5O5. The molecule has 0 radical (unpaired) electrons. The van der Waals surface area contributed by atoms with Crippen LogP contribution in [0.15, 0.2) is 59.8 Å². The van der Waals surface area contributed by atoms with Crippen molar-refractivity contribution in [1.82, 2.24) is 14.0 Å². The molecule has 0 fully saturated rings. The number of carbonyl (C=O) groups excluding carboxylic acids is 2. The first-order valence-corrected chi connectivity index (χ1v) is 12.1. The molecule has 194 valence electrons. The Morgan fingerprint density at radius 1 is 1.16 bits per heavy atom. The van der Waals surface area contributed by atoms with Gasteiger partial charge in [0.05, 0.1) is 31.5 Å². The first-order valence-electron chi connectivity index (χ1n) is 11.8. The molecule has 0 aliphatic heterocycles. The van der Waals surface area contributed by atoms with E-state index in [1.165, 1.54) is 23.9 Å². The van der Waals surface area contributed by atoms with Crippen molar-refractivity contribution in [2.45, 2.75) is 26.3 Å². The van der Waals surface area contributed by atoms with Gasteiger partial charge in [-0.3, -0.25) is 14.2 Å². The van der Waals surface area contributed by atoms with Gasteiger partial charge >= 0.3 is 5.97 Å². The maximum atomic E-state index is 13.3. The number of hydrogen-bond acceptors (Lipinski definition) is 7. The van der Waals surface area contributed by atoms with E-state index < -0.39 is 23.5 Å². The summed E-state index contributed by atoms with van der Waals surface area (Å²) in [5, 5.41) is 12.7. The van der Waals surface area contributed by atoms with Crippen molar-refractivity contribution in [2.75, 3.05) is 19.0 Å². The van der Waals surface area contributed by atoms with Crippen LogP contribution in [0.4, 0.5) is 5.69 Å². The predicted octanol–water partition coefficient (Wildman–Crippen LogP) is 4.46. The summed E-state index contributed by atoms with van der Waals surface area (Å²) in [7, 11) is 1.44. The summed E-state index contributed by atoms with van der Waals surface area (Å²) in [6.07, 6.45) is 4.96. The SMILES string of the molecule is CCOC(=O)c1cn2ccc(NC(=O)C(CC)n3cc(OC)c(-c4cc(Cl)ccc4C#N)cc3=O)cc2n1. The molecule has 1 aromatic carbocycles. The number of methoxy groups -OCH3 is 1. The van der Waals surface area contributed by atoms with E-state index in [2.05, 4.69) is 16.4 Å². The summed E-state index contributed by atoms with van der Waals surface area (Å²) in [4.78, 5) is 42.7. The number of anilines is 1. The standard InChI is InChI=1S/C27H24ClN5O5/c1-4-22(26(35)30-18-8-9-32-14-21(27(36)38-5-2)31-24(32)11-18)33-15-23(37-3)20(12-25(33)34)19-10-17(28)7-6-16(19)13-29/h6-12,14-15,22H,4-5H2,1-3H3,(H,30,35). The van der Waals surface area contributed by atoms with Crippen LogP contribution in [0.5, 0.6) is 5.75 Å². The number of aromatic nitrogens is 3. The van der Waals surface area contributed by atoms with Crippen LogP contribution >= 0.6 is 11.6 Å². The highest BCUT2D eigenvalue weighted by Gasteiger charge is 2.23. The summed E-state index contributed by atoms with van der Waals surface area (Å²) in [6, 6.07) is 10.6. The summed E-state index contributed by atoms with van der Waals surface area (Å²) in [5.74, 6) is -0.657. The monoisotopic (exact) mass is 533 g/mol. The highest BCUT2D eigenvalue weighted by Crippen LogP contribution is 2.33. The molecule has 0 saturated heterocycles. The maximum absolute atomic E-state index is 13.3. The van der Waals surface area contributed by atoms with Crippen molar-refractivity contribution < 1.29 is 19.1 Å². The minimum atomic E-state index is -0.855. The normalized spacial score (nSPS) is 11.6. The average Bonchev–Trinajstić information content (AvgIpc) is 3.33. The molecule has 1 unspecified atom stereocenters. The molecule has 0 spiro atoms. The second-order valence-electron chi connectivity index (χ2n) is 8.24.